The summed E-state index contributed by atoms with van der Waals surface area (Å²) in [6, 6.07) is 0.419. The molecule has 0 saturated heterocycles. The summed E-state index contributed by atoms with van der Waals surface area (Å²) in [7, 11) is 6.67. The van der Waals surface area contributed by atoms with E-state index in [1.54, 1.807) is 0 Å². The van der Waals surface area contributed by atoms with E-state index in [0.717, 1.165) is 4.48 Å². The van der Waals surface area contributed by atoms with Gasteiger partial charge in [-0.25, -0.2) is 0 Å². The molecule has 0 N–H and O–H groups in total. The lowest BCUT2D eigenvalue weighted by Gasteiger charge is -2.43. The Morgan fingerprint density at radius 3 is 2.22 bits per heavy atom. The average molecular weight is 254 g/mol. The molecular formula is C15H28NO2+. The van der Waals surface area contributed by atoms with Gasteiger partial charge in [-0.1, -0.05) is 20.8 Å². The van der Waals surface area contributed by atoms with Crippen molar-refractivity contribution in [2.24, 2.45) is 16.7 Å². The zero-order valence-electron chi connectivity index (χ0n) is 12.9. The van der Waals surface area contributed by atoms with E-state index in [-0.39, 0.29) is 22.9 Å². The number of carbonyl (C=O) groups excluding carboxylic acids is 1. The number of likely N-dealkylation sites (N-methyl/N-ethyl adjacent to an activating group) is 1. The fourth-order valence-corrected chi connectivity index (χ4v) is 4.58. The molecule has 0 amide bonds. The Balaban J connectivity index is 2.44. The van der Waals surface area contributed by atoms with Gasteiger partial charge in [-0.3, -0.25) is 4.79 Å². The maximum absolute atomic E-state index is 11.5. The molecule has 0 aromatic rings. The lowest BCUT2D eigenvalue weighted by atomic mass is 9.70. The van der Waals surface area contributed by atoms with Crippen LogP contribution in [0.25, 0.3) is 0 Å². The molecule has 0 aliphatic heterocycles. The van der Waals surface area contributed by atoms with Gasteiger partial charge in [0.05, 0.1) is 21.1 Å². The normalized spacial score (nSPS) is 42.1. The SMILES string of the molecule is CC(=O)OC1C([N+](C)(C)C)C2CCC1(C)C2(C)C. The van der Waals surface area contributed by atoms with Crippen LogP contribution in [-0.4, -0.2) is 43.7 Å². The molecule has 2 saturated carbocycles. The van der Waals surface area contributed by atoms with E-state index in [1.807, 2.05) is 0 Å². The Bertz CT molecular complexity index is 369. The van der Waals surface area contributed by atoms with E-state index in [1.165, 1.54) is 19.8 Å². The van der Waals surface area contributed by atoms with Gasteiger partial charge in [-0.15, -0.1) is 0 Å². The minimum atomic E-state index is -0.136. The highest BCUT2D eigenvalue weighted by atomic mass is 16.5. The van der Waals surface area contributed by atoms with E-state index in [2.05, 4.69) is 41.9 Å². The zero-order valence-corrected chi connectivity index (χ0v) is 12.9. The van der Waals surface area contributed by atoms with Crippen LogP contribution in [0.2, 0.25) is 0 Å². The Kier molecular flexibility index (Phi) is 2.86. The van der Waals surface area contributed by atoms with Crippen molar-refractivity contribution in [2.75, 3.05) is 21.1 Å². The Hall–Kier alpha value is -0.570. The highest BCUT2D eigenvalue weighted by Crippen LogP contribution is 2.67. The van der Waals surface area contributed by atoms with Crippen LogP contribution in [0.15, 0.2) is 0 Å². The molecule has 4 unspecified atom stereocenters. The number of nitrogens with zero attached hydrogens (tertiary/aromatic N) is 1. The Morgan fingerprint density at radius 2 is 1.78 bits per heavy atom. The fourth-order valence-electron chi connectivity index (χ4n) is 4.58. The monoisotopic (exact) mass is 254 g/mol. The highest BCUT2D eigenvalue weighted by molar-refractivity contribution is 5.66. The average Bonchev–Trinajstić information content (AvgIpc) is 2.46. The Morgan fingerprint density at radius 1 is 1.22 bits per heavy atom. The third-order valence-corrected chi connectivity index (χ3v) is 5.91. The second-order valence-corrected chi connectivity index (χ2v) is 7.92. The summed E-state index contributed by atoms with van der Waals surface area (Å²) in [6.07, 6.45) is 2.50. The van der Waals surface area contributed by atoms with Crippen molar-refractivity contribution in [3.05, 3.63) is 0 Å². The number of carbonyl (C=O) groups is 1. The molecule has 0 spiro atoms. The largest absolute Gasteiger partial charge is 0.456 e. The third-order valence-electron chi connectivity index (χ3n) is 5.91. The number of fused-ring (bicyclic) bond motifs is 2. The lowest BCUT2D eigenvalue weighted by molar-refractivity contribution is -0.903. The zero-order chi connectivity index (χ0) is 13.9. The summed E-state index contributed by atoms with van der Waals surface area (Å²) in [4.78, 5) is 11.5. The second-order valence-electron chi connectivity index (χ2n) is 7.92. The van der Waals surface area contributed by atoms with E-state index >= 15 is 0 Å². The topological polar surface area (TPSA) is 26.3 Å². The van der Waals surface area contributed by atoms with Crippen LogP contribution in [0, 0.1) is 16.7 Å². The first-order valence-corrected chi connectivity index (χ1v) is 7.00. The standard InChI is InChI=1S/C15H28NO2/c1-10(17)18-13-12(16(5,6)7)11-8-9-15(13,4)14(11,2)3/h11-13H,8-9H2,1-7H3/q+1. The van der Waals surface area contributed by atoms with Crippen LogP contribution in [0.1, 0.15) is 40.5 Å². The van der Waals surface area contributed by atoms with Gasteiger partial charge in [0, 0.05) is 18.3 Å². The third kappa shape index (κ3) is 1.63. The predicted octanol–water partition coefficient (Wildman–Crippen LogP) is 2.45. The summed E-state index contributed by atoms with van der Waals surface area (Å²) in [6.45, 7) is 8.57. The molecule has 0 heterocycles. The molecule has 2 rings (SSSR count). The fraction of sp³-hybridized carbons (Fsp3) is 0.933. The van der Waals surface area contributed by atoms with Crippen LogP contribution in [0.3, 0.4) is 0 Å². The first-order valence-electron chi connectivity index (χ1n) is 7.00. The number of hydrogen-bond acceptors (Lipinski definition) is 2. The van der Waals surface area contributed by atoms with Crippen molar-refractivity contribution in [3.8, 4) is 0 Å². The van der Waals surface area contributed by atoms with Gasteiger partial charge in [0.1, 0.15) is 6.04 Å². The lowest BCUT2D eigenvalue weighted by Crippen LogP contribution is -2.57. The molecule has 3 nitrogen and oxygen atoms in total. The summed E-state index contributed by atoms with van der Waals surface area (Å²) in [5.74, 6) is 0.509. The molecule has 2 aliphatic carbocycles. The van der Waals surface area contributed by atoms with Crippen molar-refractivity contribution in [3.63, 3.8) is 0 Å². The number of ether oxygens (including phenoxy) is 1. The van der Waals surface area contributed by atoms with Crippen molar-refractivity contribution >= 4 is 5.97 Å². The quantitative estimate of drug-likeness (QED) is 0.559. The van der Waals surface area contributed by atoms with Gasteiger partial charge >= 0.3 is 5.97 Å². The molecule has 3 heteroatoms. The summed E-state index contributed by atoms with van der Waals surface area (Å²) >= 11 is 0. The van der Waals surface area contributed by atoms with Crippen molar-refractivity contribution in [1.29, 1.82) is 0 Å². The van der Waals surface area contributed by atoms with Crippen LogP contribution in [0.5, 0.6) is 0 Å². The highest BCUT2D eigenvalue weighted by Gasteiger charge is 2.71. The molecule has 4 atom stereocenters. The van der Waals surface area contributed by atoms with E-state index in [4.69, 9.17) is 4.74 Å². The molecule has 0 radical (unpaired) electrons. The van der Waals surface area contributed by atoms with Gasteiger partial charge < -0.3 is 9.22 Å². The van der Waals surface area contributed by atoms with E-state index in [0.29, 0.717) is 12.0 Å². The number of hydrogen-bond donors (Lipinski definition) is 0. The van der Waals surface area contributed by atoms with Crippen LogP contribution in [0.4, 0.5) is 0 Å². The number of quaternary nitrogens is 1. The summed E-state index contributed by atoms with van der Waals surface area (Å²) in [5, 5.41) is 0. The van der Waals surface area contributed by atoms with Gasteiger partial charge in [0.25, 0.3) is 0 Å². The molecule has 2 aliphatic rings. The van der Waals surface area contributed by atoms with Gasteiger partial charge in [0.15, 0.2) is 6.10 Å². The van der Waals surface area contributed by atoms with Crippen LogP contribution < -0.4 is 0 Å². The van der Waals surface area contributed by atoms with Crippen LogP contribution >= 0.6 is 0 Å². The van der Waals surface area contributed by atoms with Gasteiger partial charge in [-0.05, 0) is 18.3 Å². The number of esters is 1. The van der Waals surface area contributed by atoms with E-state index in [9.17, 15) is 4.79 Å². The maximum atomic E-state index is 11.5. The molecular weight excluding hydrogens is 226 g/mol. The first-order chi connectivity index (χ1) is 8.02. The molecule has 18 heavy (non-hydrogen) atoms. The summed E-state index contributed by atoms with van der Waals surface area (Å²) in [5.41, 5.74) is 0.378. The predicted molar refractivity (Wildman–Crippen MR) is 72.0 cm³/mol. The Labute approximate surface area is 111 Å². The molecule has 2 fully saturated rings. The molecule has 0 aromatic heterocycles. The van der Waals surface area contributed by atoms with Crippen molar-refractivity contribution < 1.29 is 14.0 Å². The van der Waals surface area contributed by atoms with Crippen molar-refractivity contribution in [2.45, 2.75) is 52.7 Å². The number of rotatable bonds is 2. The molecule has 0 aromatic carbocycles. The minimum absolute atomic E-state index is 0.0590. The smallest absolute Gasteiger partial charge is 0.303 e. The van der Waals surface area contributed by atoms with Crippen LogP contribution in [-0.2, 0) is 9.53 Å². The maximum Gasteiger partial charge on any atom is 0.303 e. The molecule has 2 bridgehead atoms. The molecule has 104 valence electrons. The van der Waals surface area contributed by atoms with E-state index < -0.39 is 0 Å². The van der Waals surface area contributed by atoms with Gasteiger partial charge in [-0.2, -0.15) is 0 Å². The van der Waals surface area contributed by atoms with Crippen molar-refractivity contribution in [1.82, 2.24) is 0 Å². The van der Waals surface area contributed by atoms with Gasteiger partial charge in [0.2, 0.25) is 0 Å². The first kappa shape index (κ1) is 13.9. The minimum Gasteiger partial charge on any atom is -0.456 e. The summed E-state index contributed by atoms with van der Waals surface area (Å²) < 4.78 is 6.64. The second kappa shape index (κ2) is 3.72.